The maximum Gasteiger partial charge on any atom is 0.221 e. The summed E-state index contributed by atoms with van der Waals surface area (Å²) in [6.07, 6.45) is 0.806. The Morgan fingerprint density at radius 3 is 2.89 bits per heavy atom. The second-order valence-electron chi connectivity index (χ2n) is 4.75. The molecule has 0 aromatic heterocycles. The molecule has 1 aromatic carbocycles. The summed E-state index contributed by atoms with van der Waals surface area (Å²) in [5.41, 5.74) is 12.3. The number of primary amides is 1. The van der Waals surface area contributed by atoms with Gasteiger partial charge in [0, 0.05) is 25.2 Å². The minimum Gasteiger partial charge on any atom is -0.369 e. The van der Waals surface area contributed by atoms with Crippen molar-refractivity contribution in [1.29, 1.82) is 0 Å². The zero-order valence-corrected chi connectivity index (χ0v) is 10.2. The zero-order valence-electron chi connectivity index (χ0n) is 10.2. The second-order valence-corrected chi connectivity index (χ2v) is 4.75. The Kier molecular flexibility index (Phi) is 3.93. The van der Waals surface area contributed by atoms with Gasteiger partial charge in [0.1, 0.15) is 5.82 Å². The molecular formula is C13H18FN3O. The van der Waals surface area contributed by atoms with E-state index in [0.717, 1.165) is 18.5 Å². The van der Waals surface area contributed by atoms with Gasteiger partial charge < -0.3 is 11.5 Å². The van der Waals surface area contributed by atoms with Crippen molar-refractivity contribution in [3.05, 3.63) is 35.1 Å². The van der Waals surface area contributed by atoms with Crippen LogP contribution in [0.1, 0.15) is 17.5 Å². The molecule has 1 aliphatic rings. The molecule has 98 valence electrons. The van der Waals surface area contributed by atoms with Crippen LogP contribution in [0.5, 0.6) is 0 Å². The quantitative estimate of drug-likeness (QED) is 0.822. The van der Waals surface area contributed by atoms with Gasteiger partial charge in [-0.25, -0.2) is 4.39 Å². The smallest absolute Gasteiger partial charge is 0.221 e. The number of halogens is 1. The predicted molar refractivity (Wildman–Crippen MR) is 66.9 cm³/mol. The van der Waals surface area contributed by atoms with Gasteiger partial charge in [-0.3, -0.25) is 9.69 Å². The van der Waals surface area contributed by atoms with Crippen LogP contribution in [0.25, 0.3) is 0 Å². The van der Waals surface area contributed by atoms with Crippen molar-refractivity contribution in [1.82, 2.24) is 4.90 Å². The summed E-state index contributed by atoms with van der Waals surface area (Å²) in [6, 6.07) is 4.98. The fourth-order valence-electron chi connectivity index (χ4n) is 2.35. The third-order valence-corrected chi connectivity index (χ3v) is 3.41. The van der Waals surface area contributed by atoms with Crippen molar-refractivity contribution in [2.24, 2.45) is 17.4 Å². The number of likely N-dealkylation sites (tertiary alicyclic amines) is 1. The standard InChI is InChI=1S/C13H18FN3O/c14-12-2-1-9(5-11(12)6-15)7-17-4-3-10(8-17)13(16)18/h1-2,5,10H,3-4,6-8,15H2,(H2,16,18). The van der Waals surface area contributed by atoms with E-state index in [1.807, 2.05) is 0 Å². The fourth-order valence-corrected chi connectivity index (χ4v) is 2.35. The summed E-state index contributed by atoms with van der Waals surface area (Å²) in [7, 11) is 0. The van der Waals surface area contributed by atoms with E-state index in [2.05, 4.69) is 4.90 Å². The number of carbonyl (C=O) groups excluding carboxylic acids is 1. The maximum absolute atomic E-state index is 13.3. The Morgan fingerprint density at radius 2 is 2.28 bits per heavy atom. The fraction of sp³-hybridized carbons (Fsp3) is 0.462. The molecule has 1 atom stereocenters. The molecule has 0 aliphatic carbocycles. The molecular weight excluding hydrogens is 233 g/mol. The van der Waals surface area contributed by atoms with Gasteiger partial charge in [-0.15, -0.1) is 0 Å². The van der Waals surface area contributed by atoms with Gasteiger partial charge in [0.05, 0.1) is 5.92 Å². The third kappa shape index (κ3) is 2.86. The van der Waals surface area contributed by atoms with Crippen LogP contribution in [0.2, 0.25) is 0 Å². The van der Waals surface area contributed by atoms with Gasteiger partial charge in [-0.05, 0) is 24.6 Å². The highest BCUT2D eigenvalue weighted by molar-refractivity contribution is 5.77. The molecule has 18 heavy (non-hydrogen) atoms. The largest absolute Gasteiger partial charge is 0.369 e. The van der Waals surface area contributed by atoms with Crippen molar-refractivity contribution < 1.29 is 9.18 Å². The Morgan fingerprint density at radius 1 is 1.50 bits per heavy atom. The highest BCUT2D eigenvalue weighted by Crippen LogP contribution is 2.19. The number of benzene rings is 1. The van der Waals surface area contributed by atoms with Gasteiger partial charge in [0.15, 0.2) is 0 Å². The topological polar surface area (TPSA) is 72.3 Å². The molecule has 1 aliphatic heterocycles. The van der Waals surface area contributed by atoms with Crippen LogP contribution < -0.4 is 11.5 Å². The highest BCUT2D eigenvalue weighted by atomic mass is 19.1. The van der Waals surface area contributed by atoms with E-state index in [-0.39, 0.29) is 24.2 Å². The van der Waals surface area contributed by atoms with Crippen molar-refractivity contribution >= 4 is 5.91 Å². The first kappa shape index (κ1) is 13.0. The van der Waals surface area contributed by atoms with Gasteiger partial charge in [-0.1, -0.05) is 12.1 Å². The van der Waals surface area contributed by atoms with Crippen molar-refractivity contribution in [2.75, 3.05) is 13.1 Å². The summed E-state index contributed by atoms with van der Waals surface area (Å²) >= 11 is 0. The van der Waals surface area contributed by atoms with Gasteiger partial charge >= 0.3 is 0 Å². The first-order valence-electron chi connectivity index (χ1n) is 6.09. The van der Waals surface area contributed by atoms with E-state index in [9.17, 15) is 9.18 Å². The minimum absolute atomic E-state index is 0.0561. The molecule has 1 fully saturated rings. The Balaban J connectivity index is 2.00. The normalized spacial score (nSPS) is 20.2. The van der Waals surface area contributed by atoms with E-state index in [4.69, 9.17) is 11.5 Å². The summed E-state index contributed by atoms with van der Waals surface area (Å²) in [6.45, 7) is 2.44. The highest BCUT2D eigenvalue weighted by Gasteiger charge is 2.26. The molecule has 0 bridgehead atoms. The summed E-state index contributed by atoms with van der Waals surface area (Å²) in [5.74, 6) is -0.559. The number of nitrogens with zero attached hydrogens (tertiary/aromatic N) is 1. The molecule has 5 heteroatoms. The van der Waals surface area contributed by atoms with E-state index >= 15 is 0 Å². The van der Waals surface area contributed by atoms with Crippen molar-refractivity contribution in [2.45, 2.75) is 19.5 Å². The molecule has 2 rings (SSSR count). The summed E-state index contributed by atoms with van der Waals surface area (Å²) < 4.78 is 13.3. The lowest BCUT2D eigenvalue weighted by molar-refractivity contribution is -0.121. The molecule has 1 amide bonds. The molecule has 1 unspecified atom stereocenters. The molecule has 1 saturated heterocycles. The van der Waals surface area contributed by atoms with Gasteiger partial charge in [0.2, 0.25) is 5.91 Å². The number of amides is 1. The first-order valence-corrected chi connectivity index (χ1v) is 6.09. The molecule has 4 N–H and O–H groups in total. The Labute approximate surface area is 106 Å². The molecule has 1 aromatic rings. The average Bonchev–Trinajstić information content (AvgIpc) is 2.80. The SMILES string of the molecule is NCc1cc(CN2CCC(C(N)=O)C2)ccc1F. The number of rotatable bonds is 4. The van der Waals surface area contributed by atoms with E-state index in [0.29, 0.717) is 18.7 Å². The lowest BCUT2D eigenvalue weighted by atomic mass is 10.1. The van der Waals surface area contributed by atoms with Crippen LogP contribution in [0.15, 0.2) is 18.2 Å². The van der Waals surface area contributed by atoms with Crippen LogP contribution in [0.3, 0.4) is 0 Å². The molecule has 0 spiro atoms. The monoisotopic (exact) mass is 251 g/mol. The zero-order chi connectivity index (χ0) is 13.1. The number of hydrogen-bond acceptors (Lipinski definition) is 3. The Bertz CT molecular complexity index is 450. The molecule has 0 radical (unpaired) electrons. The third-order valence-electron chi connectivity index (χ3n) is 3.41. The lowest BCUT2D eigenvalue weighted by Crippen LogP contribution is -2.27. The first-order chi connectivity index (χ1) is 8.60. The number of nitrogens with two attached hydrogens (primary N) is 2. The molecule has 1 heterocycles. The van der Waals surface area contributed by atoms with E-state index in [1.54, 1.807) is 12.1 Å². The van der Waals surface area contributed by atoms with Crippen LogP contribution in [-0.2, 0) is 17.9 Å². The van der Waals surface area contributed by atoms with E-state index in [1.165, 1.54) is 6.07 Å². The molecule has 4 nitrogen and oxygen atoms in total. The molecule has 0 saturated carbocycles. The van der Waals surface area contributed by atoms with Crippen molar-refractivity contribution in [3.8, 4) is 0 Å². The van der Waals surface area contributed by atoms with Crippen LogP contribution >= 0.6 is 0 Å². The summed E-state index contributed by atoms with van der Waals surface area (Å²) in [5, 5.41) is 0. The number of carbonyl (C=O) groups is 1. The van der Waals surface area contributed by atoms with Crippen LogP contribution in [0.4, 0.5) is 4.39 Å². The minimum atomic E-state index is -0.266. The van der Waals surface area contributed by atoms with Gasteiger partial charge in [0.25, 0.3) is 0 Å². The second kappa shape index (κ2) is 5.46. The average molecular weight is 251 g/mol. The summed E-state index contributed by atoms with van der Waals surface area (Å²) in [4.78, 5) is 13.2. The maximum atomic E-state index is 13.3. The number of hydrogen-bond donors (Lipinski definition) is 2. The van der Waals surface area contributed by atoms with Crippen molar-refractivity contribution in [3.63, 3.8) is 0 Å². The van der Waals surface area contributed by atoms with Gasteiger partial charge in [-0.2, -0.15) is 0 Å². The van der Waals surface area contributed by atoms with E-state index < -0.39 is 0 Å². The Hall–Kier alpha value is -1.46. The van der Waals surface area contributed by atoms with Crippen LogP contribution in [-0.4, -0.2) is 23.9 Å². The lowest BCUT2D eigenvalue weighted by Gasteiger charge is -2.16. The predicted octanol–water partition coefficient (Wildman–Crippen LogP) is 0.592. The van der Waals surface area contributed by atoms with Crippen LogP contribution in [0, 0.1) is 11.7 Å².